The molecule has 0 saturated carbocycles. The van der Waals surface area contributed by atoms with Crippen LogP contribution in [-0.4, -0.2) is 41.7 Å². The van der Waals surface area contributed by atoms with Crippen molar-refractivity contribution in [1.29, 1.82) is 0 Å². The Morgan fingerprint density at radius 2 is 2.08 bits per heavy atom. The van der Waals surface area contributed by atoms with Gasteiger partial charge in [0.05, 0.1) is 0 Å². The Morgan fingerprint density at radius 3 is 2.71 bits per heavy atom. The third-order valence-electron chi connectivity index (χ3n) is 2.93. The number of carbonyl (C=O) groups is 1. The summed E-state index contributed by atoms with van der Waals surface area (Å²) in [6.45, 7) is 0. The van der Waals surface area contributed by atoms with Crippen LogP contribution in [0.25, 0.3) is 0 Å². The van der Waals surface area contributed by atoms with Gasteiger partial charge in [0.2, 0.25) is 0 Å². The van der Waals surface area contributed by atoms with Gasteiger partial charge < -0.3 is 0 Å². The second-order valence-electron chi connectivity index (χ2n) is 4.74. The Morgan fingerprint density at radius 1 is 1.38 bits per heavy atom. The summed E-state index contributed by atoms with van der Waals surface area (Å²) in [4.78, 5) is 29.3. The minimum absolute atomic E-state index is 0.0538. The molecule has 2 aromatic rings. The minimum atomic E-state index is -0.924. The molecule has 0 saturated heterocycles. The summed E-state index contributed by atoms with van der Waals surface area (Å²) in [5.74, 6) is -0.608. The Balaban J connectivity index is 2.12. The van der Waals surface area contributed by atoms with Crippen molar-refractivity contribution in [3.8, 4) is 0 Å². The van der Waals surface area contributed by atoms with Crippen LogP contribution in [0, 0.1) is 10.1 Å². The number of nitro groups is 1. The summed E-state index contributed by atoms with van der Waals surface area (Å²) in [5.41, 5.74) is 0.595. The van der Waals surface area contributed by atoms with Crippen LogP contribution in [0.15, 0.2) is 30.5 Å². The molecule has 1 aromatic carbocycles. The third kappa shape index (κ3) is 5.47. The maximum absolute atomic E-state index is 11.1. The van der Waals surface area contributed by atoms with Crippen LogP contribution in [0.1, 0.15) is 12.8 Å². The number of nitrogens with zero attached hydrogens (tertiary/aromatic N) is 3. The average molecular weight is 413 g/mol. The van der Waals surface area contributed by atoms with Gasteiger partial charge >= 0.3 is 149 Å². The number of aliphatic carboxylic acids is 1. The molecule has 2 rings (SSSR count). The van der Waals surface area contributed by atoms with Gasteiger partial charge in [-0.15, -0.1) is 0 Å². The molecule has 1 aromatic heterocycles. The van der Waals surface area contributed by atoms with E-state index in [9.17, 15) is 14.9 Å². The van der Waals surface area contributed by atoms with Crippen LogP contribution in [0.3, 0.4) is 0 Å². The SMILES string of the molecule is O=C(O)CCC[AsH]c1nc(Nc2ccc(Cl)cc2)ncc1[N+](=O)[O-]. The zero-order valence-corrected chi connectivity index (χ0v) is 15.3. The predicted octanol–water partition coefficient (Wildman–Crippen LogP) is 2.13. The van der Waals surface area contributed by atoms with Gasteiger partial charge in [-0.05, 0) is 0 Å². The first-order chi connectivity index (χ1) is 11.5. The molecule has 0 radical (unpaired) electrons. The van der Waals surface area contributed by atoms with Crippen molar-refractivity contribution in [2.45, 2.75) is 18.1 Å². The molecule has 10 heteroatoms. The molecule has 126 valence electrons. The number of benzene rings is 1. The number of carboxylic acids is 1. The Hall–Kier alpha value is -2.18. The van der Waals surface area contributed by atoms with Crippen molar-refractivity contribution in [3.05, 3.63) is 45.6 Å². The average Bonchev–Trinajstić information content (AvgIpc) is 2.53. The Labute approximate surface area is 149 Å². The van der Waals surface area contributed by atoms with Gasteiger partial charge in [0, 0.05) is 0 Å². The van der Waals surface area contributed by atoms with Crippen LogP contribution in [0.2, 0.25) is 10.2 Å². The fraction of sp³-hybridized carbons (Fsp3) is 0.214. The summed E-state index contributed by atoms with van der Waals surface area (Å²) < 4.78 is 0.400. The van der Waals surface area contributed by atoms with E-state index in [1.807, 2.05) is 0 Å². The molecule has 24 heavy (non-hydrogen) atoms. The predicted molar refractivity (Wildman–Crippen MR) is 91.9 cm³/mol. The van der Waals surface area contributed by atoms with E-state index in [1.165, 1.54) is 6.20 Å². The quantitative estimate of drug-likeness (QED) is 0.295. The van der Waals surface area contributed by atoms with Gasteiger partial charge in [0.25, 0.3) is 0 Å². The number of hydrogen-bond acceptors (Lipinski definition) is 6. The fourth-order valence-electron chi connectivity index (χ4n) is 1.81. The van der Waals surface area contributed by atoms with Crippen molar-refractivity contribution in [2.24, 2.45) is 0 Å². The topological polar surface area (TPSA) is 118 Å². The van der Waals surface area contributed by atoms with E-state index < -0.39 is 26.6 Å². The van der Waals surface area contributed by atoms with E-state index in [0.717, 1.165) is 0 Å². The summed E-state index contributed by atoms with van der Waals surface area (Å²) in [5, 5.41) is 23.9. The zero-order chi connectivity index (χ0) is 17.5. The standard InChI is InChI=1S/C14H14AsClN4O4/c16-9-3-5-10(6-4-9)18-14-17-8-11(20(23)24)13(19-14)15-7-1-2-12(21)22/h3-6,8,15H,1-2,7H2,(H,21,22)(H,17,18,19). The maximum atomic E-state index is 11.1. The number of carboxylic acid groups (broad SMARTS) is 1. The first-order valence-electron chi connectivity index (χ1n) is 6.95. The second kappa shape index (κ2) is 8.61. The van der Waals surface area contributed by atoms with Crippen LogP contribution in [0.4, 0.5) is 17.3 Å². The van der Waals surface area contributed by atoms with Crippen LogP contribution >= 0.6 is 11.6 Å². The normalized spacial score (nSPS) is 10.9. The van der Waals surface area contributed by atoms with Crippen molar-refractivity contribution in [2.75, 3.05) is 5.32 Å². The summed E-state index contributed by atoms with van der Waals surface area (Å²) in [6.07, 6.45) is 1.72. The van der Waals surface area contributed by atoms with Crippen molar-refractivity contribution >= 4 is 55.1 Å². The van der Waals surface area contributed by atoms with E-state index in [0.29, 0.717) is 26.8 Å². The molecule has 0 fully saturated rings. The molecular formula is C14H14AsClN4O4. The van der Waals surface area contributed by atoms with Gasteiger partial charge in [-0.25, -0.2) is 0 Å². The van der Waals surface area contributed by atoms with E-state index in [2.05, 4.69) is 15.3 Å². The number of hydrogen-bond donors (Lipinski definition) is 2. The molecule has 1 heterocycles. The summed E-state index contributed by atoms with van der Waals surface area (Å²) in [7, 11) is 0. The molecular weight excluding hydrogens is 399 g/mol. The summed E-state index contributed by atoms with van der Waals surface area (Å²) >= 11 is 4.89. The Bertz CT molecular complexity index is 742. The molecule has 2 N–H and O–H groups in total. The van der Waals surface area contributed by atoms with Gasteiger partial charge in [-0.2, -0.15) is 0 Å². The Kier molecular flexibility index (Phi) is 6.51. The van der Waals surface area contributed by atoms with Crippen LogP contribution in [0.5, 0.6) is 0 Å². The van der Waals surface area contributed by atoms with Gasteiger partial charge in [0.1, 0.15) is 0 Å². The van der Waals surface area contributed by atoms with Gasteiger partial charge in [-0.1, -0.05) is 0 Å². The summed E-state index contributed by atoms with van der Waals surface area (Å²) in [6, 6.07) is 6.90. The molecule has 0 amide bonds. The fourth-order valence-corrected chi connectivity index (χ4v) is 4.27. The number of rotatable bonds is 8. The molecule has 0 aliphatic carbocycles. The second-order valence-corrected chi connectivity index (χ2v) is 7.96. The number of nitrogens with one attached hydrogen (secondary N) is 1. The van der Waals surface area contributed by atoms with Crippen molar-refractivity contribution in [1.82, 2.24) is 9.97 Å². The van der Waals surface area contributed by atoms with E-state index in [4.69, 9.17) is 16.7 Å². The molecule has 1 atom stereocenters. The number of aromatic nitrogens is 2. The molecule has 8 nitrogen and oxygen atoms in total. The monoisotopic (exact) mass is 412 g/mol. The molecule has 0 spiro atoms. The third-order valence-corrected chi connectivity index (χ3v) is 5.92. The number of halogens is 1. The van der Waals surface area contributed by atoms with E-state index in [1.54, 1.807) is 24.3 Å². The first-order valence-corrected chi connectivity index (χ1v) is 9.86. The van der Waals surface area contributed by atoms with Crippen molar-refractivity contribution < 1.29 is 14.8 Å². The van der Waals surface area contributed by atoms with E-state index in [-0.39, 0.29) is 18.1 Å². The van der Waals surface area contributed by atoms with Crippen LogP contribution < -0.4 is 9.80 Å². The first kappa shape index (κ1) is 18.2. The van der Waals surface area contributed by atoms with Crippen molar-refractivity contribution in [3.63, 3.8) is 0 Å². The molecule has 0 aliphatic rings. The van der Waals surface area contributed by atoms with Gasteiger partial charge in [-0.3, -0.25) is 0 Å². The number of anilines is 2. The molecule has 0 aliphatic heterocycles. The molecule has 1 unspecified atom stereocenters. The molecule has 0 bridgehead atoms. The zero-order valence-electron chi connectivity index (χ0n) is 12.4. The van der Waals surface area contributed by atoms with E-state index >= 15 is 0 Å². The van der Waals surface area contributed by atoms with Crippen LogP contribution in [-0.2, 0) is 4.79 Å². The van der Waals surface area contributed by atoms with Gasteiger partial charge in [0.15, 0.2) is 0 Å².